The zero-order valence-corrected chi connectivity index (χ0v) is 14.0. The van der Waals surface area contributed by atoms with Gasteiger partial charge in [-0.05, 0) is 25.0 Å². The van der Waals surface area contributed by atoms with E-state index in [1.54, 1.807) is 12.4 Å². The van der Waals surface area contributed by atoms with Gasteiger partial charge in [0.25, 0.3) is 5.91 Å². The largest absolute Gasteiger partial charge is 0.384 e. The molecule has 4 nitrogen and oxygen atoms in total. The summed E-state index contributed by atoms with van der Waals surface area (Å²) in [5.74, 6) is 0.0167. The van der Waals surface area contributed by atoms with Crippen LogP contribution in [-0.4, -0.2) is 28.9 Å². The van der Waals surface area contributed by atoms with E-state index in [0.717, 1.165) is 30.6 Å². The van der Waals surface area contributed by atoms with Gasteiger partial charge in [-0.3, -0.25) is 9.78 Å². The number of hydrogen-bond donors (Lipinski definition) is 1. The Morgan fingerprint density at radius 1 is 1.17 bits per heavy atom. The monoisotopic (exact) mass is 311 g/mol. The van der Waals surface area contributed by atoms with Gasteiger partial charge in [-0.15, -0.1) is 0 Å². The number of anilines is 1. The molecular weight excluding hydrogens is 286 g/mol. The molecule has 1 heterocycles. The van der Waals surface area contributed by atoms with Crippen molar-refractivity contribution in [2.24, 2.45) is 0 Å². The lowest BCUT2D eigenvalue weighted by Gasteiger charge is -2.21. The molecule has 0 saturated heterocycles. The smallest absolute Gasteiger partial charge is 0.255 e. The topological polar surface area (TPSA) is 45.2 Å². The second-order valence-corrected chi connectivity index (χ2v) is 5.55. The standard InChI is InChI=1S/C19H25N3O/c1-3-5-11-21-18-12-17(13-20-14-18)19(23)22(4-2)15-16-9-7-6-8-10-16/h6-10,12-14,21H,3-5,11,15H2,1-2H3. The summed E-state index contributed by atoms with van der Waals surface area (Å²) in [5.41, 5.74) is 2.66. The van der Waals surface area contributed by atoms with Crippen molar-refractivity contribution >= 4 is 11.6 Å². The van der Waals surface area contributed by atoms with E-state index in [4.69, 9.17) is 0 Å². The van der Waals surface area contributed by atoms with Gasteiger partial charge in [-0.2, -0.15) is 0 Å². The molecule has 1 N–H and O–H groups in total. The molecule has 2 rings (SSSR count). The van der Waals surface area contributed by atoms with E-state index in [-0.39, 0.29) is 5.91 Å². The fraction of sp³-hybridized carbons (Fsp3) is 0.368. The van der Waals surface area contributed by atoms with Gasteiger partial charge in [-0.1, -0.05) is 43.7 Å². The van der Waals surface area contributed by atoms with Crippen LogP contribution in [0.3, 0.4) is 0 Å². The van der Waals surface area contributed by atoms with Crippen LogP contribution in [0, 0.1) is 0 Å². The summed E-state index contributed by atoms with van der Waals surface area (Å²) in [4.78, 5) is 18.8. The summed E-state index contributed by atoms with van der Waals surface area (Å²) in [6.07, 6.45) is 5.65. The van der Waals surface area contributed by atoms with Gasteiger partial charge >= 0.3 is 0 Å². The molecule has 4 heteroatoms. The predicted octanol–water partition coefficient (Wildman–Crippen LogP) is 3.96. The third kappa shape index (κ3) is 5.09. The quantitative estimate of drug-likeness (QED) is 0.751. The van der Waals surface area contributed by atoms with Gasteiger partial charge in [0, 0.05) is 32.0 Å². The normalized spacial score (nSPS) is 10.3. The highest BCUT2D eigenvalue weighted by molar-refractivity contribution is 5.94. The first-order valence-electron chi connectivity index (χ1n) is 8.26. The average Bonchev–Trinajstić information content (AvgIpc) is 2.60. The Labute approximate surface area is 138 Å². The van der Waals surface area contributed by atoms with Crippen LogP contribution in [0.4, 0.5) is 5.69 Å². The van der Waals surface area contributed by atoms with Crippen molar-refractivity contribution < 1.29 is 4.79 Å². The molecule has 0 aliphatic carbocycles. The van der Waals surface area contributed by atoms with Crippen LogP contribution in [0.2, 0.25) is 0 Å². The maximum atomic E-state index is 12.7. The van der Waals surface area contributed by atoms with Crippen molar-refractivity contribution in [1.82, 2.24) is 9.88 Å². The second-order valence-electron chi connectivity index (χ2n) is 5.55. The number of nitrogens with zero attached hydrogens (tertiary/aromatic N) is 2. The lowest BCUT2D eigenvalue weighted by Crippen LogP contribution is -2.30. The van der Waals surface area contributed by atoms with Crippen LogP contribution >= 0.6 is 0 Å². The van der Waals surface area contributed by atoms with Gasteiger partial charge < -0.3 is 10.2 Å². The van der Waals surface area contributed by atoms with Crippen LogP contribution in [-0.2, 0) is 6.54 Å². The van der Waals surface area contributed by atoms with Gasteiger partial charge in [0.15, 0.2) is 0 Å². The third-order valence-corrected chi connectivity index (χ3v) is 3.73. The highest BCUT2D eigenvalue weighted by Gasteiger charge is 2.15. The molecule has 0 aliphatic rings. The van der Waals surface area contributed by atoms with E-state index < -0.39 is 0 Å². The van der Waals surface area contributed by atoms with E-state index >= 15 is 0 Å². The molecule has 0 bridgehead atoms. The first-order chi connectivity index (χ1) is 11.2. The fourth-order valence-corrected chi connectivity index (χ4v) is 2.38. The molecule has 0 atom stereocenters. The van der Waals surface area contributed by atoms with Crippen LogP contribution in [0.15, 0.2) is 48.8 Å². The molecule has 122 valence electrons. The molecule has 0 fully saturated rings. The molecular formula is C19H25N3O. The van der Waals surface area contributed by atoms with E-state index in [9.17, 15) is 4.79 Å². The van der Waals surface area contributed by atoms with Crippen LogP contribution < -0.4 is 5.32 Å². The highest BCUT2D eigenvalue weighted by Crippen LogP contribution is 2.13. The summed E-state index contributed by atoms with van der Waals surface area (Å²) < 4.78 is 0. The van der Waals surface area contributed by atoms with Crippen molar-refractivity contribution in [3.05, 3.63) is 59.9 Å². The molecule has 23 heavy (non-hydrogen) atoms. The number of benzene rings is 1. The lowest BCUT2D eigenvalue weighted by atomic mass is 10.2. The minimum Gasteiger partial charge on any atom is -0.384 e. The Balaban J connectivity index is 2.06. The Morgan fingerprint density at radius 3 is 2.65 bits per heavy atom. The Bertz CT molecular complexity index is 613. The first-order valence-corrected chi connectivity index (χ1v) is 8.26. The van der Waals surface area contributed by atoms with Crippen molar-refractivity contribution in [2.75, 3.05) is 18.4 Å². The molecule has 0 aliphatic heterocycles. The predicted molar refractivity (Wildman–Crippen MR) is 94.5 cm³/mol. The number of unbranched alkanes of at least 4 members (excludes halogenated alkanes) is 1. The van der Waals surface area contributed by atoms with Crippen LogP contribution in [0.5, 0.6) is 0 Å². The number of hydrogen-bond acceptors (Lipinski definition) is 3. The molecule has 0 saturated carbocycles. The van der Waals surface area contributed by atoms with E-state index in [0.29, 0.717) is 18.7 Å². The van der Waals surface area contributed by atoms with Crippen molar-refractivity contribution in [1.29, 1.82) is 0 Å². The van der Waals surface area contributed by atoms with E-state index in [1.165, 1.54) is 0 Å². The average molecular weight is 311 g/mol. The highest BCUT2D eigenvalue weighted by atomic mass is 16.2. The molecule has 0 unspecified atom stereocenters. The second kappa shape index (κ2) is 8.93. The number of rotatable bonds is 8. The minimum absolute atomic E-state index is 0.0167. The van der Waals surface area contributed by atoms with Crippen molar-refractivity contribution in [2.45, 2.75) is 33.2 Å². The molecule has 2 aromatic rings. The Hall–Kier alpha value is -2.36. The number of amides is 1. The van der Waals surface area contributed by atoms with Gasteiger partial charge in [0.2, 0.25) is 0 Å². The first kappa shape index (κ1) is 17.0. The maximum Gasteiger partial charge on any atom is 0.255 e. The molecule has 0 spiro atoms. The number of nitrogens with one attached hydrogen (secondary N) is 1. The third-order valence-electron chi connectivity index (χ3n) is 3.73. The summed E-state index contributed by atoms with van der Waals surface area (Å²) in [6, 6.07) is 11.9. The SMILES string of the molecule is CCCCNc1cncc(C(=O)N(CC)Cc2ccccc2)c1. The van der Waals surface area contributed by atoms with Gasteiger partial charge in [-0.25, -0.2) is 0 Å². The van der Waals surface area contributed by atoms with Gasteiger partial charge in [0.05, 0.1) is 11.3 Å². The molecule has 1 amide bonds. The summed E-state index contributed by atoms with van der Waals surface area (Å²) in [5, 5.41) is 3.31. The maximum absolute atomic E-state index is 12.7. The minimum atomic E-state index is 0.0167. The van der Waals surface area contributed by atoms with Crippen LogP contribution in [0.1, 0.15) is 42.6 Å². The summed E-state index contributed by atoms with van der Waals surface area (Å²) in [6.45, 7) is 6.34. The lowest BCUT2D eigenvalue weighted by molar-refractivity contribution is 0.0752. The summed E-state index contributed by atoms with van der Waals surface area (Å²) in [7, 11) is 0. The number of carbonyl (C=O) groups excluding carboxylic acids is 1. The Morgan fingerprint density at radius 2 is 1.96 bits per heavy atom. The fourth-order valence-electron chi connectivity index (χ4n) is 2.38. The van der Waals surface area contributed by atoms with Crippen molar-refractivity contribution in [3.8, 4) is 0 Å². The Kier molecular flexibility index (Phi) is 6.60. The molecule has 1 aromatic heterocycles. The van der Waals surface area contributed by atoms with Crippen molar-refractivity contribution in [3.63, 3.8) is 0 Å². The number of carbonyl (C=O) groups is 1. The van der Waals surface area contributed by atoms with E-state index in [2.05, 4.69) is 17.2 Å². The number of aromatic nitrogens is 1. The molecule has 0 radical (unpaired) electrons. The zero-order valence-electron chi connectivity index (χ0n) is 14.0. The number of pyridine rings is 1. The zero-order chi connectivity index (χ0) is 16.5. The van der Waals surface area contributed by atoms with Crippen LogP contribution in [0.25, 0.3) is 0 Å². The summed E-state index contributed by atoms with van der Waals surface area (Å²) >= 11 is 0. The van der Waals surface area contributed by atoms with Gasteiger partial charge in [0.1, 0.15) is 0 Å². The van der Waals surface area contributed by atoms with E-state index in [1.807, 2.05) is 48.2 Å². The molecule has 1 aromatic carbocycles.